The van der Waals surface area contributed by atoms with Crippen LogP contribution in [0.2, 0.25) is 0 Å². The molecule has 0 aromatic carbocycles. The highest BCUT2D eigenvalue weighted by molar-refractivity contribution is 8.00. The maximum Gasteiger partial charge on any atom is 0.0782 e. The van der Waals surface area contributed by atoms with E-state index >= 15 is 0 Å². The van der Waals surface area contributed by atoms with Crippen molar-refractivity contribution < 1.29 is 0 Å². The van der Waals surface area contributed by atoms with E-state index in [2.05, 4.69) is 28.5 Å². The minimum absolute atomic E-state index is 0.277. The number of nitrogens with zero attached hydrogens (tertiary/aromatic N) is 2. The lowest BCUT2D eigenvalue weighted by Crippen LogP contribution is -2.40. The maximum atomic E-state index is 4.46. The zero-order valence-corrected chi connectivity index (χ0v) is 13.1. The van der Waals surface area contributed by atoms with Crippen molar-refractivity contribution in [2.45, 2.75) is 56.7 Å². The summed E-state index contributed by atoms with van der Waals surface area (Å²) in [6.45, 7) is 5.30. The molecule has 0 bridgehead atoms. The van der Waals surface area contributed by atoms with E-state index in [0.29, 0.717) is 4.75 Å². The van der Waals surface area contributed by atoms with Gasteiger partial charge < -0.3 is 5.32 Å². The molecule has 0 amide bonds. The average molecular weight is 279 g/mol. The highest BCUT2D eigenvalue weighted by Gasteiger charge is 2.31. The molecule has 1 aliphatic carbocycles. The summed E-state index contributed by atoms with van der Waals surface area (Å²) in [6.07, 6.45) is 12.6. The van der Waals surface area contributed by atoms with Crippen molar-refractivity contribution in [2.24, 2.45) is 0 Å². The summed E-state index contributed by atoms with van der Waals surface area (Å²) in [5, 5.41) is 3.68. The number of hydrogen-bond donors (Lipinski definition) is 1. The van der Waals surface area contributed by atoms with E-state index in [1.165, 1.54) is 32.1 Å². The van der Waals surface area contributed by atoms with Crippen molar-refractivity contribution >= 4 is 11.8 Å². The predicted octanol–water partition coefficient (Wildman–Crippen LogP) is 3.50. The molecule has 19 heavy (non-hydrogen) atoms. The topological polar surface area (TPSA) is 37.8 Å². The van der Waals surface area contributed by atoms with Gasteiger partial charge in [-0.1, -0.05) is 19.3 Å². The molecule has 1 aliphatic rings. The molecule has 1 atom stereocenters. The molecule has 1 saturated carbocycles. The van der Waals surface area contributed by atoms with Crippen molar-refractivity contribution in [1.82, 2.24) is 15.3 Å². The number of rotatable bonds is 5. The molecular weight excluding hydrogens is 254 g/mol. The fraction of sp³-hybridized carbons (Fsp3) is 0.733. The third kappa shape index (κ3) is 3.69. The van der Waals surface area contributed by atoms with Gasteiger partial charge in [0.05, 0.1) is 11.4 Å². The van der Waals surface area contributed by atoms with Crippen molar-refractivity contribution in [3.05, 3.63) is 23.8 Å². The second-order valence-corrected chi connectivity index (χ2v) is 6.85. The van der Waals surface area contributed by atoms with Crippen LogP contribution in [0.25, 0.3) is 0 Å². The molecule has 1 heterocycles. The van der Waals surface area contributed by atoms with Crippen molar-refractivity contribution in [3.63, 3.8) is 0 Å². The molecular formula is C15H25N3S. The summed E-state index contributed by atoms with van der Waals surface area (Å²) < 4.78 is 0.433. The number of hydrogen-bond acceptors (Lipinski definition) is 4. The Morgan fingerprint density at radius 2 is 1.95 bits per heavy atom. The van der Waals surface area contributed by atoms with Gasteiger partial charge in [-0.3, -0.25) is 9.97 Å². The Labute approximate surface area is 121 Å². The normalized spacial score (nSPS) is 20.2. The van der Waals surface area contributed by atoms with Gasteiger partial charge in [0.15, 0.2) is 0 Å². The molecule has 1 unspecified atom stereocenters. The Hall–Kier alpha value is -0.610. The van der Waals surface area contributed by atoms with E-state index in [9.17, 15) is 0 Å². The van der Waals surface area contributed by atoms with Crippen LogP contribution in [0, 0.1) is 6.92 Å². The smallest absolute Gasteiger partial charge is 0.0782 e. The van der Waals surface area contributed by atoms with Crippen LogP contribution < -0.4 is 5.32 Å². The van der Waals surface area contributed by atoms with Gasteiger partial charge in [-0.25, -0.2) is 0 Å². The lowest BCUT2D eigenvalue weighted by atomic mass is 9.88. The third-order valence-electron chi connectivity index (χ3n) is 4.26. The Bertz CT molecular complexity index is 402. The van der Waals surface area contributed by atoms with Crippen molar-refractivity contribution in [2.75, 3.05) is 12.8 Å². The summed E-state index contributed by atoms with van der Waals surface area (Å²) >= 11 is 2.04. The molecule has 1 fully saturated rings. The lowest BCUT2D eigenvalue weighted by Gasteiger charge is -2.37. The van der Waals surface area contributed by atoms with E-state index in [1.54, 1.807) is 12.4 Å². The second kappa shape index (κ2) is 6.71. The molecule has 1 aromatic rings. The Morgan fingerprint density at radius 3 is 2.58 bits per heavy atom. The van der Waals surface area contributed by atoms with Crippen LogP contribution in [-0.4, -0.2) is 27.5 Å². The van der Waals surface area contributed by atoms with Crippen LogP contribution in [0.4, 0.5) is 0 Å². The molecule has 1 aromatic heterocycles. The van der Waals surface area contributed by atoms with E-state index in [-0.39, 0.29) is 6.04 Å². The molecule has 0 saturated heterocycles. The maximum absolute atomic E-state index is 4.46. The fourth-order valence-electron chi connectivity index (χ4n) is 2.93. The molecule has 0 aliphatic heterocycles. The number of aromatic nitrogens is 2. The first kappa shape index (κ1) is 14.8. The molecule has 3 nitrogen and oxygen atoms in total. The van der Waals surface area contributed by atoms with Crippen molar-refractivity contribution in [1.29, 1.82) is 0 Å². The largest absolute Gasteiger partial charge is 0.307 e. The number of thioether (sulfide) groups is 1. The number of aryl methyl sites for hydroxylation is 1. The molecule has 1 N–H and O–H groups in total. The lowest BCUT2D eigenvalue weighted by molar-refractivity contribution is 0.365. The zero-order valence-electron chi connectivity index (χ0n) is 12.3. The van der Waals surface area contributed by atoms with Crippen LogP contribution in [0.15, 0.2) is 12.4 Å². The highest BCUT2D eigenvalue weighted by Crippen LogP contribution is 2.38. The first-order valence-electron chi connectivity index (χ1n) is 7.23. The summed E-state index contributed by atoms with van der Waals surface area (Å²) in [7, 11) is 0. The monoisotopic (exact) mass is 279 g/mol. The van der Waals surface area contributed by atoms with Crippen LogP contribution in [-0.2, 0) is 0 Å². The Kier molecular flexibility index (Phi) is 5.22. The van der Waals surface area contributed by atoms with Crippen LogP contribution >= 0.6 is 11.8 Å². The van der Waals surface area contributed by atoms with E-state index in [0.717, 1.165) is 17.9 Å². The van der Waals surface area contributed by atoms with E-state index < -0.39 is 0 Å². The van der Waals surface area contributed by atoms with Crippen LogP contribution in [0.1, 0.15) is 56.5 Å². The average Bonchev–Trinajstić information content (AvgIpc) is 2.46. The Morgan fingerprint density at radius 1 is 1.26 bits per heavy atom. The molecule has 4 heteroatoms. The Balaban J connectivity index is 1.95. The van der Waals surface area contributed by atoms with E-state index in [1.807, 2.05) is 18.7 Å². The van der Waals surface area contributed by atoms with Gasteiger partial charge in [-0.15, -0.1) is 0 Å². The molecule has 106 valence electrons. The quantitative estimate of drug-likeness (QED) is 0.895. The van der Waals surface area contributed by atoms with Gasteiger partial charge in [0, 0.05) is 29.7 Å². The van der Waals surface area contributed by atoms with E-state index in [4.69, 9.17) is 0 Å². The molecule has 0 spiro atoms. The molecule has 0 radical (unpaired) electrons. The van der Waals surface area contributed by atoms with Crippen LogP contribution in [0.3, 0.4) is 0 Å². The summed E-state index contributed by atoms with van der Waals surface area (Å²) in [5.41, 5.74) is 2.11. The minimum atomic E-state index is 0.277. The summed E-state index contributed by atoms with van der Waals surface area (Å²) in [6, 6.07) is 0.277. The first-order chi connectivity index (χ1) is 9.17. The van der Waals surface area contributed by atoms with Gasteiger partial charge in [0.25, 0.3) is 0 Å². The predicted molar refractivity (Wildman–Crippen MR) is 82.5 cm³/mol. The summed E-state index contributed by atoms with van der Waals surface area (Å²) in [4.78, 5) is 8.78. The highest BCUT2D eigenvalue weighted by atomic mass is 32.2. The first-order valence-corrected chi connectivity index (χ1v) is 8.45. The minimum Gasteiger partial charge on any atom is -0.307 e. The second-order valence-electron chi connectivity index (χ2n) is 5.58. The van der Waals surface area contributed by atoms with Gasteiger partial charge in [0.1, 0.15) is 0 Å². The fourth-order valence-corrected chi connectivity index (χ4v) is 3.85. The van der Waals surface area contributed by atoms with Gasteiger partial charge >= 0.3 is 0 Å². The van der Waals surface area contributed by atoms with Gasteiger partial charge in [-0.2, -0.15) is 11.8 Å². The standard InChI is InChI=1S/C15H25N3S/c1-12-14(17-10-9-16-12)13(2)18-11-15(19-3)7-5-4-6-8-15/h9-10,13,18H,4-8,11H2,1-3H3. The third-order valence-corrected chi connectivity index (χ3v) is 5.68. The zero-order chi connectivity index (χ0) is 13.7. The van der Waals surface area contributed by atoms with Crippen LogP contribution in [0.5, 0.6) is 0 Å². The SMILES string of the molecule is CSC1(CNC(C)c2nccnc2C)CCCCC1. The molecule has 2 rings (SSSR count). The van der Waals surface area contributed by atoms with Crippen molar-refractivity contribution in [3.8, 4) is 0 Å². The van der Waals surface area contributed by atoms with Gasteiger partial charge in [0.2, 0.25) is 0 Å². The van der Waals surface area contributed by atoms with Gasteiger partial charge in [-0.05, 0) is 32.9 Å². The summed E-state index contributed by atoms with van der Waals surface area (Å²) in [5.74, 6) is 0. The number of nitrogens with one attached hydrogen (secondary N) is 1.